The average Bonchev–Trinajstić information content (AvgIpc) is 2.26. The van der Waals surface area contributed by atoms with Crippen molar-refractivity contribution in [2.75, 3.05) is 18.2 Å². The van der Waals surface area contributed by atoms with E-state index in [1.54, 1.807) is 11.8 Å². The minimum atomic E-state index is -0.465. The average molecular weight is 223 g/mol. The van der Waals surface area contributed by atoms with Gasteiger partial charge in [-0.1, -0.05) is 18.7 Å². The summed E-state index contributed by atoms with van der Waals surface area (Å²) < 4.78 is 4.79. The van der Waals surface area contributed by atoms with Gasteiger partial charge in [-0.3, -0.25) is 5.32 Å². The van der Waals surface area contributed by atoms with Crippen LogP contribution in [0.1, 0.15) is 0 Å². The fourth-order valence-electron chi connectivity index (χ4n) is 0.989. The molecule has 0 radical (unpaired) electrons. The number of nitrogens with one attached hydrogen (secondary N) is 1. The minimum absolute atomic E-state index is 0.216. The molecule has 0 saturated heterocycles. The maximum Gasteiger partial charge on any atom is 0.411 e. The Morgan fingerprint density at radius 2 is 2.47 bits per heavy atom. The van der Waals surface area contributed by atoms with Crippen molar-refractivity contribution in [3.05, 3.63) is 36.9 Å². The van der Waals surface area contributed by atoms with E-state index in [0.29, 0.717) is 0 Å². The third-order valence-corrected chi connectivity index (χ3v) is 2.37. The van der Waals surface area contributed by atoms with Gasteiger partial charge in [0, 0.05) is 10.6 Å². The van der Waals surface area contributed by atoms with Gasteiger partial charge in [-0.05, 0) is 24.5 Å². The van der Waals surface area contributed by atoms with E-state index in [-0.39, 0.29) is 6.61 Å². The van der Waals surface area contributed by atoms with Crippen LogP contribution in [0.15, 0.2) is 41.8 Å². The highest BCUT2D eigenvalue weighted by Crippen LogP contribution is 2.18. The summed E-state index contributed by atoms with van der Waals surface area (Å²) in [7, 11) is 0. The lowest BCUT2D eigenvalue weighted by Crippen LogP contribution is -2.13. The van der Waals surface area contributed by atoms with E-state index in [2.05, 4.69) is 11.9 Å². The van der Waals surface area contributed by atoms with Crippen LogP contribution in [0.5, 0.6) is 0 Å². The maximum atomic E-state index is 11.2. The Labute approximate surface area is 93.5 Å². The normalized spacial score (nSPS) is 9.40. The quantitative estimate of drug-likeness (QED) is 0.629. The van der Waals surface area contributed by atoms with Crippen molar-refractivity contribution in [3.63, 3.8) is 0 Å². The fourth-order valence-corrected chi connectivity index (χ4v) is 1.45. The van der Waals surface area contributed by atoms with Gasteiger partial charge in [0.2, 0.25) is 0 Å². The zero-order chi connectivity index (χ0) is 11.1. The minimum Gasteiger partial charge on any atom is -0.445 e. The second-order valence-electron chi connectivity index (χ2n) is 2.74. The highest BCUT2D eigenvalue weighted by atomic mass is 32.2. The van der Waals surface area contributed by atoms with Gasteiger partial charge in [0.1, 0.15) is 6.61 Å². The van der Waals surface area contributed by atoms with Crippen molar-refractivity contribution in [2.45, 2.75) is 4.90 Å². The van der Waals surface area contributed by atoms with Crippen molar-refractivity contribution < 1.29 is 9.53 Å². The number of amides is 1. The zero-order valence-electron chi connectivity index (χ0n) is 8.53. The molecule has 4 heteroatoms. The lowest BCUT2D eigenvalue weighted by molar-refractivity contribution is 0.174. The standard InChI is InChI=1S/C11H13NO2S/c1-3-7-14-11(13)12-9-5-4-6-10(8-9)15-2/h3-6,8H,1,7H2,2H3,(H,12,13). The summed E-state index contributed by atoms with van der Waals surface area (Å²) in [4.78, 5) is 12.3. The largest absolute Gasteiger partial charge is 0.445 e. The van der Waals surface area contributed by atoms with Crippen LogP contribution in [0.3, 0.4) is 0 Å². The molecule has 3 nitrogen and oxygen atoms in total. The Morgan fingerprint density at radius 1 is 1.67 bits per heavy atom. The molecule has 0 unspecified atom stereocenters. The highest BCUT2D eigenvalue weighted by Gasteiger charge is 2.01. The molecule has 80 valence electrons. The number of carbonyl (C=O) groups excluding carboxylic acids is 1. The summed E-state index contributed by atoms with van der Waals surface area (Å²) in [5.74, 6) is 0. The predicted octanol–water partition coefficient (Wildman–Crippen LogP) is 3.14. The van der Waals surface area contributed by atoms with Gasteiger partial charge in [-0.25, -0.2) is 4.79 Å². The third-order valence-electron chi connectivity index (χ3n) is 1.65. The Kier molecular flexibility index (Phi) is 4.77. The van der Waals surface area contributed by atoms with Crippen LogP contribution >= 0.6 is 11.8 Å². The first-order chi connectivity index (χ1) is 7.26. The van der Waals surface area contributed by atoms with E-state index in [1.807, 2.05) is 30.5 Å². The monoisotopic (exact) mass is 223 g/mol. The zero-order valence-corrected chi connectivity index (χ0v) is 9.34. The van der Waals surface area contributed by atoms with Crippen LogP contribution in [0.4, 0.5) is 10.5 Å². The summed E-state index contributed by atoms with van der Waals surface area (Å²) in [6.07, 6.45) is 3.04. The van der Waals surface area contributed by atoms with Crippen molar-refractivity contribution in [2.24, 2.45) is 0 Å². The summed E-state index contributed by atoms with van der Waals surface area (Å²) in [5, 5.41) is 2.63. The van der Waals surface area contributed by atoms with Crippen LogP contribution in [0.2, 0.25) is 0 Å². The van der Waals surface area contributed by atoms with E-state index in [9.17, 15) is 4.79 Å². The van der Waals surface area contributed by atoms with E-state index in [0.717, 1.165) is 10.6 Å². The number of anilines is 1. The molecule has 0 spiro atoms. The fraction of sp³-hybridized carbons (Fsp3) is 0.182. The number of hydrogen-bond acceptors (Lipinski definition) is 3. The van der Waals surface area contributed by atoms with E-state index < -0.39 is 6.09 Å². The number of thioether (sulfide) groups is 1. The summed E-state index contributed by atoms with van der Waals surface area (Å²) in [6, 6.07) is 7.56. The van der Waals surface area contributed by atoms with Gasteiger partial charge < -0.3 is 4.74 Å². The van der Waals surface area contributed by atoms with Crippen molar-refractivity contribution in [1.82, 2.24) is 0 Å². The van der Waals surface area contributed by atoms with Crippen LogP contribution in [-0.4, -0.2) is 19.0 Å². The van der Waals surface area contributed by atoms with Crippen molar-refractivity contribution in [3.8, 4) is 0 Å². The van der Waals surface area contributed by atoms with Gasteiger partial charge in [-0.2, -0.15) is 0 Å². The Bertz CT molecular complexity index is 352. The molecular formula is C11H13NO2S. The van der Waals surface area contributed by atoms with Gasteiger partial charge >= 0.3 is 6.09 Å². The van der Waals surface area contributed by atoms with E-state index >= 15 is 0 Å². The smallest absolute Gasteiger partial charge is 0.411 e. The van der Waals surface area contributed by atoms with E-state index in [4.69, 9.17) is 4.74 Å². The number of ether oxygens (including phenoxy) is 1. The molecule has 1 aromatic carbocycles. The first-order valence-electron chi connectivity index (χ1n) is 4.45. The number of benzene rings is 1. The summed E-state index contributed by atoms with van der Waals surface area (Å²) in [5.41, 5.74) is 0.732. The van der Waals surface area contributed by atoms with Crippen LogP contribution in [-0.2, 0) is 4.74 Å². The Hall–Kier alpha value is -1.42. The molecule has 1 aromatic rings. The van der Waals surface area contributed by atoms with Crippen LogP contribution in [0.25, 0.3) is 0 Å². The van der Waals surface area contributed by atoms with Gasteiger partial charge in [0.25, 0.3) is 0 Å². The van der Waals surface area contributed by atoms with Crippen LogP contribution in [0, 0.1) is 0 Å². The lowest BCUT2D eigenvalue weighted by Gasteiger charge is -2.05. The molecule has 0 heterocycles. The SMILES string of the molecule is C=CCOC(=O)Nc1cccc(SC)c1. The summed E-state index contributed by atoms with van der Waals surface area (Å²) in [6.45, 7) is 3.68. The Morgan fingerprint density at radius 3 is 3.13 bits per heavy atom. The molecule has 0 fully saturated rings. The molecule has 1 amide bonds. The number of hydrogen-bond donors (Lipinski definition) is 1. The first kappa shape index (κ1) is 11.7. The third kappa shape index (κ3) is 4.08. The lowest BCUT2D eigenvalue weighted by atomic mass is 10.3. The number of carbonyl (C=O) groups is 1. The molecule has 1 N–H and O–H groups in total. The van der Waals surface area contributed by atoms with Crippen molar-refractivity contribution in [1.29, 1.82) is 0 Å². The second kappa shape index (κ2) is 6.14. The molecule has 0 aliphatic rings. The molecule has 0 aromatic heterocycles. The molecule has 1 rings (SSSR count). The molecule has 15 heavy (non-hydrogen) atoms. The summed E-state index contributed by atoms with van der Waals surface area (Å²) >= 11 is 1.62. The van der Waals surface area contributed by atoms with Crippen LogP contribution < -0.4 is 5.32 Å². The Balaban J connectivity index is 2.55. The molecular weight excluding hydrogens is 210 g/mol. The first-order valence-corrected chi connectivity index (χ1v) is 5.67. The molecule has 0 aliphatic heterocycles. The molecule has 0 atom stereocenters. The molecule has 0 bridgehead atoms. The van der Waals surface area contributed by atoms with E-state index in [1.165, 1.54) is 6.08 Å². The maximum absolute atomic E-state index is 11.2. The topological polar surface area (TPSA) is 38.3 Å². The van der Waals surface area contributed by atoms with Gasteiger partial charge in [-0.15, -0.1) is 11.8 Å². The second-order valence-corrected chi connectivity index (χ2v) is 3.62. The molecule has 0 aliphatic carbocycles. The van der Waals surface area contributed by atoms with Gasteiger partial charge in [0.15, 0.2) is 0 Å². The highest BCUT2D eigenvalue weighted by molar-refractivity contribution is 7.98. The molecule has 0 saturated carbocycles. The van der Waals surface area contributed by atoms with Gasteiger partial charge in [0.05, 0.1) is 0 Å². The predicted molar refractivity (Wildman–Crippen MR) is 63.4 cm³/mol. The van der Waals surface area contributed by atoms with Crippen molar-refractivity contribution >= 4 is 23.5 Å². The number of rotatable bonds is 4.